The molecule has 0 unspecified atom stereocenters. The molecule has 0 aliphatic carbocycles. The van der Waals surface area contributed by atoms with Crippen LogP contribution in [0.15, 0.2) is 58.4 Å². The monoisotopic (exact) mass is 336 g/mol. The van der Waals surface area contributed by atoms with Crippen LogP contribution in [0.2, 0.25) is 0 Å². The number of nitrogens with one attached hydrogen (secondary N) is 1. The zero-order valence-corrected chi connectivity index (χ0v) is 13.5. The van der Waals surface area contributed by atoms with Gasteiger partial charge in [-0.05, 0) is 42.8 Å². The molecule has 0 saturated heterocycles. The molecule has 1 amide bonds. The second-order valence-corrected chi connectivity index (χ2v) is 5.31. The van der Waals surface area contributed by atoms with Crippen molar-refractivity contribution >= 4 is 22.9 Å². The Morgan fingerprint density at radius 3 is 2.56 bits per heavy atom. The van der Waals surface area contributed by atoms with Gasteiger partial charge in [-0.15, -0.1) is 0 Å². The molecule has 3 aromatic rings. The van der Waals surface area contributed by atoms with Crippen LogP contribution in [0.4, 0.5) is 0 Å². The molecule has 7 heteroatoms. The molecule has 0 saturated carbocycles. The van der Waals surface area contributed by atoms with Gasteiger partial charge in [0.1, 0.15) is 5.75 Å². The van der Waals surface area contributed by atoms with E-state index in [1.165, 1.54) is 23.0 Å². The minimum atomic E-state index is -0.506. The Morgan fingerprint density at radius 2 is 1.88 bits per heavy atom. The van der Waals surface area contributed by atoms with Gasteiger partial charge in [0.2, 0.25) is 0 Å². The lowest BCUT2D eigenvalue weighted by Crippen LogP contribution is -2.28. The van der Waals surface area contributed by atoms with Gasteiger partial charge in [-0.2, -0.15) is 10.2 Å². The van der Waals surface area contributed by atoms with E-state index in [4.69, 9.17) is 0 Å². The average Bonchev–Trinajstić information content (AvgIpc) is 2.64. The fourth-order valence-corrected chi connectivity index (χ4v) is 2.40. The van der Waals surface area contributed by atoms with Gasteiger partial charge in [-0.3, -0.25) is 9.59 Å². The van der Waals surface area contributed by atoms with Crippen molar-refractivity contribution in [2.75, 3.05) is 0 Å². The number of hydrogen-bond donors (Lipinski definition) is 2. The Balaban J connectivity index is 1.90. The molecule has 25 heavy (non-hydrogen) atoms. The molecule has 1 aromatic heterocycles. The number of fused-ring (bicyclic) bond motifs is 1. The van der Waals surface area contributed by atoms with E-state index in [9.17, 15) is 14.7 Å². The summed E-state index contributed by atoms with van der Waals surface area (Å²) in [6, 6.07) is 13.2. The van der Waals surface area contributed by atoms with Crippen molar-refractivity contribution in [1.82, 2.24) is 15.2 Å². The minimum absolute atomic E-state index is 0.139. The number of aromatic nitrogens is 2. The minimum Gasteiger partial charge on any atom is -0.508 e. The first kappa shape index (κ1) is 16.4. The van der Waals surface area contributed by atoms with E-state index in [0.717, 1.165) is 5.56 Å². The molecular formula is C18H16N4O3. The Morgan fingerprint density at radius 1 is 1.20 bits per heavy atom. The fourth-order valence-electron chi connectivity index (χ4n) is 2.40. The van der Waals surface area contributed by atoms with Crippen LogP contribution in [0.5, 0.6) is 5.75 Å². The van der Waals surface area contributed by atoms with Gasteiger partial charge in [-0.1, -0.05) is 18.2 Å². The highest BCUT2D eigenvalue weighted by atomic mass is 16.3. The van der Waals surface area contributed by atoms with Crippen molar-refractivity contribution in [3.63, 3.8) is 0 Å². The number of nitrogens with zero attached hydrogens (tertiary/aromatic N) is 3. The third-order valence-electron chi connectivity index (χ3n) is 3.66. The van der Waals surface area contributed by atoms with Gasteiger partial charge in [0, 0.05) is 11.9 Å². The van der Waals surface area contributed by atoms with E-state index >= 15 is 0 Å². The number of phenols is 1. The predicted molar refractivity (Wildman–Crippen MR) is 94.8 cm³/mol. The Labute approximate surface area is 143 Å². The molecule has 0 fully saturated rings. The number of carbonyl (C=O) groups excluding carboxylic acids is 1. The summed E-state index contributed by atoms with van der Waals surface area (Å²) in [5.41, 5.74) is 3.04. The molecular weight excluding hydrogens is 320 g/mol. The van der Waals surface area contributed by atoms with Gasteiger partial charge in [0.15, 0.2) is 5.69 Å². The normalized spacial score (nSPS) is 11.1. The largest absolute Gasteiger partial charge is 0.508 e. The number of amides is 1. The first-order chi connectivity index (χ1) is 12.1. The van der Waals surface area contributed by atoms with Crippen LogP contribution < -0.4 is 11.0 Å². The topological polar surface area (TPSA) is 96.6 Å². The molecule has 0 spiro atoms. The predicted octanol–water partition coefficient (Wildman–Crippen LogP) is 1.89. The van der Waals surface area contributed by atoms with Gasteiger partial charge >= 0.3 is 0 Å². The van der Waals surface area contributed by atoms with E-state index in [1.54, 1.807) is 43.3 Å². The summed E-state index contributed by atoms with van der Waals surface area (Å²) in [7, 11) is 0. The summed E-state index contributed by atoms with van der Waals surface area (Å²) in [5.74, 6) is -0.355. The van der Waals surface area contributed by atoms with Crippen LogP contribution in [-0.2, 0) is 6.54 Å². The lowest BCUT2D eigenvalue weighted by molar-refractivity contribution is 0.0949. The quantitative estimate of drug-likeness (QED) is 0.561. The van der Waals surface area contributed by atoms with Crippen LogP contribution in [0, 0.1) is 0 Å². The van der Waals surface area contributed by atoms with Crippen LogP contribution in [-0.4, -0.2) is 27.0 Å². The zero-order valence-electron chi connectivity index (χ0n) is 13.5. The lowest BCUT2D eigenvalue weighted by atomic mass is 10.1. The van der Waals surface area contributed by atoms with Gasteiger partial charge in [0.25, 0.3) is 11.5 Å². The Kier molecular flexibility index (Phi) is 4.56. The second-order valence-electron chi connectivity index (χ2n) is 5.31. The highest BCUT2D eigenvalue weighted by molar-refractivity contribution is 6.04. The smallest absolute Gasteiger partial charge is 0.292 e. The molecule has 0 bridgehead atoms. The van der Waals surface area contributed by atoms with Gasteiger partial charge in [0.05, 0.1) is 11.6 Å². The molecule has 1 heterocycles. The first-order valence-electron chi connectivity index (χ1n) is 7.72. The van der Waals surface area contributed by atoms with Crippen molar-refractivity contribution < 1.29 is 9.90 Å². The van der Waals surface area contributed by atoms with E-state index in [-0.39, 0.29) is 17.0 Å². The van der Waals surface area contributed by atoms with Crippen molar-refractivity contribution in [3.8, 4) is 5.75 Å². The number of rotatable bonds is 4. The Hall–Kier alpha value is -3.48. The second kappa shape index (κ2) is 6.96. The van der Waals surface area contributed by atoms with Crippen LogP contribution in [0.25, 0.3) is 10.8 Å². The SMILES string of the molecule is CCn1nc(C(=O)N/N=C/c2ccc(O)cc2)c2ccccc2c1=O. The standard InChI is InChI=1S/C18H16N4O3/c1-2-22-18(25)15-6-4-3-5-14(15)16(21-22)17(24)20-19-11-12-7-9-13(23)10-8-12/h3-11,23H,2H2,1H3,(H,20,24)/b19-11+. The van der Waals surface area contributed by atoms with Crippen molar-refractivity contribution in [3.05, 3.63) is 70.1 Å². The van der Waals surface area contributed by atoms with Crippen molar-refractivity contribution in [2.45, 2.75) is 13.5 Å². The number of phenolic OH excluding ortho intramolecular Hbond substituents is 1. The number of benzene rings is 2. The van der Waals surface area contributed by atoms with Crippen LogP contribution in [0.3, 0.4) is 0 Å². The molecule has 0 aliphatic heterocycles. The van der Waals surface area contributed by atoms with Gasteiger partial charge < -0.3 is 5.11 Å². The highest BCUT2D eigenvalue weighted by Crippen LogP contribution is 2.13. The summed E-state index contributed by atoms with van der Waals surface area (Å²) < 4.78 is 1.25. The molecule has 0 radical (unpaired) electrons. The number of aryl methyl sites for hydroxylation is 1. The summed E-state index contributed by atoms with van der Waals surface area (Å²) in [6.07, 6.45) is 1.45. The highest BCUT2D eigenvalue weighted by Gasteiger charge is 2.15. The molecule has 7 nitrogen and oxygen atoms in total. The van der Waals surface area contributed by atoms with E-state index < -0.39 is 5.91 Å². The maximum atomic E-state index is 12.4. The maximum Gasteiger partial charge on any atom is 0.292 e. The molecule has 0 aliphatic rings. The van der Waals surface area contributed by atoms with E-state index in [0.29, 0.717) is 17.3 Å². The maximum absolute atomic E-state index is 12.4. The molecule has 0 atom stereocenters. The van der Waals surface area contributed by atoms with Crippen molar-refractivity contribution in [1.29, 1.82) is 0 Å². The zero-order chi connectivity index (χ0) is 17.8. The van der Waals surface area contributed by atoms with Crippen LogP contribution >= 0.6 is 0 Å². The molecule has 2 aromatic carbocycles. The van der Waals surface area contributed by atoms with Gasteiger partial charge in [-0.25, -0.2) is 10.1 Å². The van der Waals surface area contributed by atoms with E-state index in [1.807, 2.05) is 0 Å². The summed E-state index contributed by atoms with van der Waals surface area (Å²) in [4.78, 5) is 24.7. The average molecular weight is 336 g/mol. The summed E-state index contributed by atoms with van der Waals surface area (Å²) in [5, 5.41) is 18.2. The molecule has 126 valence electrons. The fraction of sp³-hybridized carbons (Fsp3) is 0.111. The third-order valence-corrected chi connectivity index (χ3v) is 3.66. The number of carbonyl (C=O) groups is 1. The Bertz CT molecular complexity index is 1010. The molecule has 2 N–H and O–H groups in total. The van der Waals surface area contributed by atoms with Crippen molar-refractivity contribution in [2.24, 2.45) is 5.10 Å². The number of aromatic hydroxyl groups is 1. The van der Waals surface area contributed by atoms with Crippen LogP contribution in [0.1, 0.15) is 23.0 Å². The van der Waals surface area contributed by atoms with E-state index in [2.05, 4.69) is 15.6 Å². The number of hydrazone groups is 1. The lowest BCUT2D eigenvalue weighted by Gasteiger charge is -2.08. The summed E-state index contributed by atoms with van der Waals surface area (Å²) >= 11 is 0. The summed E-state index contributed by atoms with van der Waals surface area (Å²) in [6.45, 7) is 2.15. The third kappa shape index (κ3) is 3.40. The first-order valence-corrected chi connectivity index (χ1v) is 7.72. The number of hydrogen-bond acceptors (Lipinski definition) is 5. The molecule has 3 rings (SSSR count).